The van der Waals surface area contributed by atoms with Crippen molar-refractivity contribution in [1.82, 2.24) is 24.6 Å². The van der Waals surface area contributed by atoms with E-state index >= 15 is 0 Å². The summed E-state index contributed by atoms with van der Waals surface area (Å²) in [5, 5.41) is 12.6. The van der Waals surface area contributed by atoms with Crippen molar-refractivity contribution < 1.29 is 4.79 Å². The van der Waals surface area contributed by atoms with Crippen molar-refractivity contribution in [2.75, 3.05) is 11.9 Å². The number of aromatic nitrogens is 4. The average Bonchev–Trinajstić information content (AvgIpc) is 3.33. The van der Waals surface area contributed by atoms with Crippen LogP contribution in [0.25, 0.3) is 0 Å². The molecule has 4 rings (SSSR count). The second kappa shape index (κ2) is 8.79. The molecule has 1 aliphatic heterocycles. The normalized spacial score (nSPS) is 16.1. The van der Waals surface area contributed by atoms with Crippen LogP contribution >= 0.6 is 34.8 Å². The van der Waals surface area contributed by atoms with Crippen molar-refractivity contribution in [2.24, 2.45) is 0 Å². The van der Waals surface area contributed by atoms with E-state index in [1.807, 2.05) is 35.8 Å². The number of likely N-dealkylation sites (tertiary alicyclic amines) is 1. The molecule has 1 aromatic carbocycles. The van der Waals surface area contributed by atoms with E-state index in [0.29, 0.717) is 23.8 Å². The third kappa shape index (κ3) is 4.38. The van der Waals surface area contributed by atoms with E-state index in [9.17, 15) is 4.79 Å². The maximum atomic E-state index is 13.0. The summed E-state index contributed by atoms with van der Waals surface area (Å²) >= 11 is 17.9. The third-order valence-electron chi connectivity index (χ3n) is 5.09. The van der Waals surface area contributed by atoms with Crippen molar-refractivity contribution in [3.05, 3.63) is 68.9 Å². The van der Waals surface area contributed by atoms with Gasteiger partial charge in [-0.3, -0.25) is 0 Å². The van der Waals surface area contributed by atoms with Gasteiger partial charge in [-0.1, -0.05) is 46.9 Å². The Morgan fingerprint density at radius 2 is 1.90 bits per heavy atom. The number of urea groups is 1. The van der Waals surface area contributed by atoms with E-state index in [1.54, 1.807) is 17.0 Å². The number of hydrogen-bond donors (Lipinski definition) is 1. The Bertz CT molecular complexity index is 1070. The molecule has 3 heterocycles. The van der Waals surface area contributed by atoms with Crippen LogP contribution in [0.2, 0.25) is 15.3 Å². The smallest absolute Gasteiger partial charge is 0.314 e. The maximum Gasteiger partial charge on any atom is 0.322 e. The summed E-state index contributed by atoms with van der Waals surface area (Å²) in [6.45, 7) is 3.12. The van der Waals surface area contributed by atoms with Crippen molar-refractivity contribution in [2.45, 2.75) is 32.4 Å². The Kier molecular flexibility index (Phi) is 6.13. The number of nitrogens with zero attached hydrogens (tertiary/aromatic N) is 5. The minimum atomic E-state index is -0.262. The number of nitrogens with one attached hydrogen (secondary N) is 1. The molecule has 30 heavy (non-hydrogen) atoms. The lowest BCUT2D eigenvalue weighted by Crippen LogP contribution is -2.35. The number of pyridine rings is 1. The summed E-state index contributed by atoms with van der Waals surface area (Å²) in [5.74, 6) is 1.55. The fourth-order valence-electron chi connectivity index (χ4n) is 3.58. The molecule has 2 amide bonds. The number of anilines is 1. The minimum Gasteiger partial charge on any atom is -0.314 e. The van der Waals surface area contributed by atoms with Crippen LogP contribution in [0.4, 0.5) is 10.5 Å². The van der Waals surface area contributed by atoms with Gasteiger partial charge < -0.3 is 14.8 Å². The third-order valence-corrected chi connectivity index (χ3v) is 5.84. The van der Waals surface area contributed by atoms with Crippen LogP contribution in [0.5, 0.6) is 0 Å². The molecule has 1 saturated heterocycles. The number of rotatable bonds is 4. The molecule has 7 nitrogen and oxygen atoms in total. The Morgan fingerprint density at radius 3 is 2.63 bits per heavy atom. The lowest BCUT2D eigenvalue weighted by Gasteiger charge is -2.25. The first-order chi connectivity index (χ1) is 14.4. The van der Waals surface area contributed by atoms with Crippen LogP contribution in [0.3, 0.4) is 0 Å². The zero-order valence-electron chi connectivity index (χ0n) is 16.1. The summed E-state index contributed by atoms with van der Waals surface area (Å²) in [5.41, 5.74) is 1.49. The van der Waals surface area contributed by atoms with Gasteiger partial charge in [0.25, 0.3) is 0 Å². The van der Waals surface area contributed by atoms with Crippen molar-refractivity contribution in [3.63, 3.8) is 0 Å². The molecule has 1 N–H and O–H groups in total. The maximum absolute atomic E-state index is 13.0. The van der Waals surface area contributed by atoms with Gasteiger partial charge in [-0.15, -0.1) is 10.2 Å². The van der Waals surface area contributed by atoms with Gasteiger partial charge in [0.05, 0.1) is 18.3 Å². The predicted molar refractivity (Wildman–Crippen MR) is 117 cm³/mol. The molecule has 0 saturated carbocycles. The molecule has 0 radical (unpaired) electrons. The minimum absolute atomic E-state index is 0.147. The number of halogens is 3. The van der Waals surface area contributed by atoms with Gasteiger partial charge in [0, 0.05) is 11.6 Å². The number of carbonyl (C=O) groups is 1. The zero-order valence-corrected chi connectivity index (χ0v) is 18.4. The fourth-order valence-corrected chi connectivity index (χ4v) is 4.10. The molecule has 0 spiro atoms. The van der Waals surface area contributed by atoms with E-state index in [4.69, 9.17) is 34.8 Å². The quantitative estimate of drug-likeness (QED) is 0.526. The topological polar surface area (TPSA) is 75.9 Å². The van der Waals surface area contributed by atoms with Crippen LogP contribution in [0.15, 0.2) is 36.4 Å². The largest absolute Gasteiger partial charge is 0.322 e. The second-order valence-electron chi connectivity index (χ2n) is 7.07. The van der Waals surface area contributed by atoms with Crippen LogP contribution in [-0.4, -0.2) is 37.2 Å². The van der Waals surface area contributed by atoms with Gasteiger partial charge in [-0.05, 0) is 49.6 Å². The number of amides is 2. The molecule has 156 valence electrons. The van der Waals surface area contributed by atoms with Crippen LogP contribution < -0.4 is 5.32 Å². The summed E-state index contributed by atoms with van der Waals surface area (Å²) in [6, 6.07) is 10.4. The summed E-state index contributed by atoms with van der Waals surface area (Å²) < 4.78 is 2.04. The molecular formula is C20H19Cl3N6O. The molecular weight excluding hydrogens is 447 g/mol. The highest BCUT2D eigenvalue weighted by Crippen LogP contribution is 2.33. The SMILES string of the molecule is Cc1nnc([C@H]2CCCN2C(=O)Nc2ccc(Cl)nc2Cl)n1Cc1ccc(Cl)cc1. The Labute approximate surface area is 189 Å². The molecule has 1 aliphatic rings. The Hall–Kier alpha value is -2.35. The second-order valence-corrected chi connectivity index (χ2v) is 8.25. The number of aryl methyl sites for hydroxylation is 1. The van der Waals surface area contributed by atoms with E-state index in [-0.39, 0.29) is 22.4 Å². The highest BCUT2D eigenvalue weighted by molar-refractivity contribution is 6.34. The lowest BCUT2D eigenvalue weighted by molar-refractivity contribution is 0.204. The van der Waals surface area contributed by atoms with Gasteiger partial charge in [0.2, 0.25) is 0 Å². The first-order valence-corrected chi connectivity index (χ1v) is 10.6. The van der Waals surface area contributed by atoms with E-state index < -0.39 is 0 Å². The van der Waals surface area contributed by atoms with Gasteiger partial charge in [0.1, 0.15) is 11.0 Å². The van der Waals surface area contributed by atoms with Gasteiger partial charge >= 0.3 is 6.03 Å². The molecule has 3 aromatic rings. The zero-order chi connectivity index (χ0) is 21.3. The number of carbonyl (C=O) groups excluding carboxylic acids is 1. The first-order valence-electron chi connectivity index (χ1n) is 9.46. The van der Waals surface area contributed by atoms with Gasteiger partial charge in [0.15, 0.2) is 11.0 Å². The fraction of sp³-hybridized carbons (Fsp3) is 0.300. The molecule has 0 bridgehead atoms. The van der Waals surface area contributed by atoms with Gasteiger partial charge in [-0.2, -0.15) is 0 Å². The predicted octanol–water partition coefficient (Wildman–Crippen LogP) is 5.36. The molecule has 1 fully saturated rings. The molecule has 2 aromatic heterocycles. The van der Waals surface area contributed by atoms with Crippen molar-refractivity contribution in [1.29, 1.82) is 0 Å². The highest BCUT2D eigenvalue weighted by atomic mass is 35.5. The highest BCUT2D eigenvalue weighted by Gasteiger charge is 2.34. The monoisotopic (exact) mass is 464 g/mol. The number of hydrogen-bond acceptors (Lipinski definition) is 4. The van der Waals surface area contributed by atoms with Gasteiger partial charge in [-0.25, -0.2) is 9.78 Å². The van der Waals surface area contributed by atoms with E-state index in [1.165, 1.54) is 0 Å². The molecule has 10 heteroatoms. The first kappa shape index (κ1) is 20.9. The summed E-state index contributed by atoms with van der Waals surface area (Å²) in [4.78, 5) is 18.7. The van der Waals surface area contributed by atoms with Crippen LogP contribution in [0, 0.1) is 6.92 Å². The molecule has 0 aliphatic carbocycles. The summed E-state index contributed by atoms with van der Waals surface area (Å²) in [7, 11) is 0. The van der Waals surface area contributed by atoms with E-state index in [0.717, 1.165) is 30.1 Å². The Morgan fingerprint density at radius 1 is 1.13 bits per heavy atom. The van der Waals surface area contributed by atoms with Crippen LogP contribution in [0.1, 0.15) is 36.1 Å². The van der Waals surface area contributed by atoms with E-state index in [2.05, 4.69) is 20.5 Å². The Balaban J connectivity index is 1.56. The lowest BCUT2D eigenvalue weighted by atomic mass is 10.2. The molecule has 1 atom stereocenters. The standard InChI is InChI=1S/C20H19Cl3N6O/c1-12-26-27-19(29(12)11-13-4-6-14(21)7-5-13)16-3-2-10-28(16)20(30)24-15-8-9-17(22)25-18(15)23/h4-9,16H,2-3,10-11H2,1H3,(H,24,30)/t16-/m1/s1. The van der Waals surface area contributed by atoms with Crippen molar-refractivity contribution >= 4 is 46.5 Å². The van der Waals surface area contributed by atoms with Crippen LogP contribution in [-0.2, 0) is 6.54 Å². The number of benzene rings is 1. The molecule has 0 unspecified atom stereocenters. The summed E-state index contributed by atoms with van der Waals surface area (Å²) in [6.07, 6.45) is 1.68. The average molecular weight is 466 g/mol. The van der Waals surface area contributed by atoms with Crippen molar-refractivity contribution in [3.8, 4) is 0 Å².